The third-order valence-electron chi connectivity index (χ3n) is 1.94. The van der Waals surface area contributed by atoms with Crippen LogP contribution >= 0.6 is 34.3 Å². The highest BCUT2D eigenvalue weighted by Crippen LogP contribution is 2.25. The Labute approximate surface area is 106 Å². The van der Waals surface area contributed by atoms with Crippen molar-refractivity contribution in [1.82, 2.24) is 4.98 Å². The molecule has 2 N–H and O–H groups in total. The maximum Gasteiger partial charge on any atom is 0.222 e. The van der Waals surface area contributed by atoms with Crippen LogP contribution in [0.15, 0.2) is 17.5 Å². The molecule has 84 valence electrons. The lowest BCUT2D eigenvalue weighted by Gasteiger charge is -1.96. The highest BCUT2D eigenvalue weighted by atomic mass is 35.5. The molecule has 2 aromatic rings. The summed E-state index contributed by atoms with van der Waals surface area (Å²) in [5.74, 6) is -0.0972. The van der Waals surface area contributed by atoms with Gasteiger partial charge in [-0.25, -0.2) is 4.98 Å². The van der Waals surface area contributed by atoms with Crippen molar-refractivity contribution >= 4 is 40.1 Å². The first-order valence-electron chi connectivity index (χ1n) is 4.59. The number of ketones is 1. The van der Waals surface area contributed by atoms with Crippen LogP contribution in [0.2, 0.25) is 4.34 Å². The number of hydrogen-bond donors (Lipinski definition) is 1. The summed E-state index contributed by atoms with van der Waals surface area (Å²) in [7, 11) is 0. The third-order valence-corrected chi connectivity index (χ3v) is 4.22. The van der Waals surface area contributed by atoms with Crippen molar-refractivity contribution in [3.05, 3.63) is 37.4 Å². The van der Waals surface area contributed by atoms with E-state index in [1.807, 2.05) is 6.92 Å². The normalized spacial score (nSPS) is 12.7. The summed E-state index contributed by atoms with van der Waals surface area (Å²) >= 11 is 8.44. The molecule has 0 saturated heterocycles. The minimum absolute atomic E-state index is 0.0972. The number of hydrogen-bond acceptors (Lipinski definition) is 5. The molecule has 0 aliphatic carbocycles. The number of thiophene rings is 1. The Balaban J connectivity index is 2.27. The first-order chi connectivity index (χ1) is 7.58. The molecule has 0 bridgehead atoms. The molecule has 2 aromatic heterocycles. The van der Waals surface area contributed by atoms with Crippen LogP contribution in [0.3, 0.4) is 0 Å². The van der Waals surface area contributed by atoms with Gasteiger partial charge in [-0.1, -0.05) is 11.6 Å². The van der Waals surface area contributed by atoms with E-state index >= 15 is 0 Å². The maximum absolute atomic E-state index is 12.0. The van der Waals surface area contributed by atoms with Gasteiger partial charge in [0.1, 0.15) is 10.7 Å². The molecule has 0 aromatic carbocycles. The van der Waals surface area contributed by atoms with E-state index in [2.05, 4.69) is 4.98 Å². The van der Waals surface area contributed by atoms with Crippen LogP contribution in [-0.4, -0.2) is 10.8 Å². The van der Waals surface area contributed by atoms with Crippen LogP contribution in [0.1, 0.15) is 33.3 Å². The lowest BCUT2D eigenvalue weighted by molar-refractivity contribution is 0.103. The Morgan fingerprint density at radius 3 is 2.81 bits per heavy atom. The van der Waals surface area contributed by atoms with Crippen LogP contribution in [0.5, 0.6) is 0 Å². The molecule has 1 atom stereocenters. The summed E-state index contributed by atoms with van der Waals surface area (Å²) in [5.41, 5.74) is 6.13. The fourth-order valence-corrected chi connectivity index (χ4v) is 2.91. The standard InChI is InChI=1S/C10H9ClN2OS2/c1-5(12)10-13-6(4-15-10)9(14)7-2-3-8(11)16-7/h2-5H,12H2,1H3. The molecule has 2 heterocycles. The molecule has 3 nitrogen and oxygen atoms in total. The first kappa shape index (κ1) is 11.7. The largest absolute Gasteiger partial charge is 0.322 e. The lowest BCUT2D eigenvalue weighted by atomic mass is 10.2. The van der Waals surface area contributed by atoms with Gasteiger partial charge in [-0.3, -0.25) is 4.79 Å². The number of aromatic nitrogens is 1. The van der Waals surface area contributed by atoms with E-state index in [4.69, 9.17) is 17.3 Å². The van der Waals surface area contributed by atoms with Crippen molar-refractivity contribution in [3.8, 4) is 0 Å². The van der Waals surface area contributed by atoms with Gasteiger partial charge < -0.3 is 5.73 Å². The molecule has 0 saturated carbocycles. The van der Waals surface area contributed by atoms with E-state index < -0.39 is 0 Å². The molecule has 1 unspecified atom stereocenters. The Bertz CT molecular complexity index is 518. The summed E-state index contributed by atoms with van der Waals surface area (Å²) in [4.78, 5) is 16.8. The van der Waals surface area contributed by atoms with E-state index in [-0.39, 0.29) is 11.8 Å². The predicted octanol–water partition coefficient (Wildman–Crippen LogP) is 3.11. The molecule has 6 heteroatoms. The first-order valence-corrected chi connectivity index (χ1v) is 6.66. The van der Waals surface area contributed by atoms with E-state index in [0.717, 1.165) is 5.01 Å². The summed E-state index contributed by atoms with van der Waals surface area (Å²) < 4.78 is 0.603. The minimum Gasteiger partial charge on any atom is -0.322 e. The van der Waals surface area contributed by atoms with Gasteiger partial charge >= 0.3 is 0 Å². The summed E-state index contributed by atoms with van der Waals surface area (Å²) in [6.07, 6.45) is 0. The fraction of sp³-hybridized carbons (Fsp3) is 0.200. The van der Waals surface area contributed by atoms with Gasteiger partial charge in [0.2, 0.25) is 5.78 Å². The molecule has 16 heavy (non-hydrogen) atoms. The molecule has 0 spiro atoms. The van der Waals surface area contributed by atoms with Crippen molar-refractivity contribution in [2.45, 2.75) is 13.0 Å². The average molecular weight is 273 g/mol. The van der Waals surface area contributed by atoms with E-state index in [1.165, 1.54) is 22.7 Å². The Kier molecular flexibility index (Phi) is 3.39. The van der Waals surface area contributed by atoms with Gasteiger partial charge in [-0.15, -0.1) is 22.7 Å². The van der Waals surface area contributed by atoms with Crippen LogP contribution < -0.4 is 5.73 Å². The summed E-state index contributed by atoms with van der Waals surface area (Å²) in [5, 5.41) is 2.50. The molecule has 2 rings (SSSR count). The zero-order valence-corrected chi connectivity index (χ0v) is 10.8. The fourth-order valence-electron chi connectivity index (χ4n) is 1.16. The summed E-state index contributed by atoms with van der Waals surface area (Å²) in [6, 6.07) is 3.27. The molecular weight excluding hydrogens is 264 g/mol. The monoisotopic (exact) mass is 272 g/mol. The van der Waals surface area contributed by atoms with Crippen molar-refractivity contribution in [2.24, 2.45) is 5.73 Å². The van der Waals surface area contributed by atoms with Gasteiger partial charge in [-0.2, -0.15) is 0 Å². The Morgan fingerprint density at radius 1 is 1.56 bits per heavy atom. The van der Waals surface area contributed by atoms with Crippen LogP contribution in [-0.2, 0) is 0 Å². The SMILES string of the molecule is CC(N)c1nc(C(=O)c2ccc(Cl)s2)cs1. The van der Waals surface area contributed by atoms with E-state index in [0.29, 0.717) is 14.9 Å². The number of thiazole rings is 1. The van der Waals surface area contributed by atoms with Crippen molar-refractivity contribution in [1.29, 1.82) is 0 Å². The molecule has 0 fully saturated rings. The van der Waals surface area contributed by atoms with Crippen molar-refractivity contribution < 1.29 is 4.79 Å². The van der Waals surface area contributed by atoms with Gasteiger partial charge in [0, 0.05) is 5.38 Å². The second kappa shape index (κ2) is 4.63. The number of nitrogens with two attached hydrogens (primary N) is 1. The smallest absolute Gasteiger partial charge is 0.222 e. The quantitative estimate of drug-likeness (QED) is 0.874. The number of carbonyl (C=O) groups is 1. The highest BCUT2D eigenvalue weighted by molar-refractivity contribution is 7.18. The van der Waals surface area contributed by atoms with Gasteiger partial charge in [0.25, 0.3) is 0 Å². The van der Waals surface area contributed by atoms with E-state index in [1.54, 1.807) is 17.5 Å². The second-order valence-corrected chi connectivity index (χ2v) is 5.90. The van der Waals surface area contributed by atoms with Crippen molar-refractivity contribution in [3.63, 3.8) is 0 Å². The molecular formula is C10H9ClN2OS2. The highest BCUT2D eigenvalue weighted by Gasteiger charge is 2.16. The molecule has 0 amide bonds. The Hall–Kier alpha value is -0.750. The minimum atomic E-state index is -0.140. The average Bonchev–Trinajstić information content (AvgIpc) is 2.84. The van der Waals surface area contributed by atoms with Gasteiger partial charge in [0.05, 0.1) is 15.3 Å². The molecule has 0 radical (unpaired) electrons. The van der Waals surface area contributed by atoms with Crippen LogP contribution in [0.4, 0.5) is 0 Å². The van der Waals surface area contributed by atoms with Gasteiger partial charge in [0.15, 0.2) is 0 Å². The lowest BCUT2D eigenvalue weighted by Crippen LogP contribution is -2.06. The maximum atomic E-state index is 12.0. The van der Waals surface area contributed by atoms with Crippen LogP contribution in [0, 0.1) is 0 Å². The summed E-state index contributed by atoms with van der Waals surface area (Å²) in [6.45, 7) is 1.84. The predicted molar refractivity (Wildman–Crippen MR) is 67.5 cm³/mol. The topological polar surface area (TPSA) is 56.0 Å². The number of halogens is 1. The van der Waals surface area contributed by atoms with Gasteiger partial charge in [-0.05, 0) is 19.1 Å². The molecule has 0 aliphatic heterocycles. The molecule has 0 aliphatic rings. The van der Waals surface area contributed by atoms with Crippen LogP contribution in [0.25, 0.3) is 0 Å². The number of carbonyl (C=O) groups excluding carboxylic acids is 1. The zero-order valence-electron chi connectivity index (χ0n) is 8.44. The third kappa shape index (κ3) is 2.32. The second-order valence-electron chi connectivity index (χ2n) is 3.29. The Morgan fingerprint density at radius 2 is 2.31 bits per heavy atom. The zero-order chi connectivity index (χ0) is 11.7. The van der Waals surface area contributed by atoms with Crippen molar-refractivity contribution in [2.75, 3.05) is 0 Å². The van der Waals surface area contributed by atoms with E-state index in [9.17, 15) is 4.79 Å². The number of rotatable bonds is 3. The number of nitrogens with zero attached hydrogens (tertiary/aromatic N) is 1.